The first kappa shape index (κ1) is 18.8. The van der Waals surface area contributed by atoms with E-state index in [-0.39, 0.29) is 11.9 Å². The molecule has 1 aliphatic heterocycles. The Morgan fingerprint density at radius 2 is 2.08 bits per heavy atom. The Morgan fingerprint density at radius 1 is 1.31 bits per heavy atom. The Hall–Kier alpha value is -1.93. The van der Waals surface area contributed by atoms with Crippen LogP contribution in [0, 0.1) is 6.92 Å². The minimum absolute atomic E-state index is 0.116. The molecule has 0 atom stereocenters. The molecule has 1 saturated heterocycles. The van der Waals surface area contributed by atoms with Crippen LogP contribution in [-0.2, 0) is 18.4 Å². The number of thioether (sulfide) groups is 1. The number of hydrogen-bond acceptors (Lipinski definition) is 6. The van der Waals surface area contributed by atoms with Gasteiger partial charge in [0.1, 0.15) is 0 Å². The van der Waals surface area contributed by atoms with Crippen LogP contribution in [0.3, 0.4) is 0 Å². The van der Waals surface area contributed by atoms with E-state index in [2.05, 4.69) is 56.9 Å². The van der Waals surface area contributed by atoms with Crippen LogP contribution in [0.1, 0.15) is 30.4 Å². The number of rotatable bonds is 7. The quantitative estimate of drug-likeness (QED) is 0.745. The highest BCUT2D eigenvalue weighted by Crippen LogP contribution is 2.17. The van der Waals surface area contributed by atoms with Crippen molar-refractivity contribution >= 4 is 17.7 Å². The Morgan fingerprint density at radius 3 is 2.77 bits per heavy atom. The minimum atomic E-state index is 0.116. The molecule has 0 aliphatic carbocycles. The lowest BCUT2D eigenvalue weighted by molar-refractivity contribution is -0.121. The summed E-state index contributed by atoms with van der Waals surface area (Å²) in [6, 6.07) is 8.84. The van der Waals surface area contributed by atoms with Crippen molar-refractivity contribution in [3.8, 4) is 0 Å². The van der Waals surface area contributed by atoms with Crippen LogP contribution in [-0.4, -0.2) is 55.9 Å². The average molecular weight is 375 g/mol. The summed E-state index contributed by atoms with van der Waals surface area (Å²) in [4.78, 5) is 14.6. The number of hydrogen-bond donors (Lipinski definition) is 1. The predicted molar refractivity (Wildman–Crippen MR) is 102 cm³/mol. The number of tetrazole rings is 1. The molecule has 1 amide bonds. The van der Waals surface area contributed by atoms with Gasteiger partial charge in [0.15, 0.2) is 0 Å². The predicted octanol–water partition coefficient (Wildman–Crippen LogP) is 1.78. The second-order valence-electron chi connectivity index (χ2n) is 6.73. The molecule has 0 radical (unpaired) electrons. The molecule has 2 aromatic rings. The first-order chi connectivity index (χ1) is 12.6. The van der Waals surface area contributed by atoms with Crippen molar-refractivity contribution in [2.75, 3.05) is 18.8 Å². The van der Waals surface area contributed by atoms with Crippen LogP contribution >= 0.6 is 11.8 Å². The Bertz CT molecular complexity index is 726. The highest BCUT2D eigenvalue weighted by molar-refractivity contribution is 7.99. The summed E-state index contributed by atoms with van der Waals surface area (Å²) in [5.74, 6) is 0.802. The maximum absolute atomic E-state index is 12.1. The third-order valence-electron chi connectivity index (χ3n) is 4.75. The third kappa shape index (κ3) is 5.28. The zero-order valence-corrected chi connectivity index (χ0v) is 16.2. The molecule has 3 rings (SSSR count). The van der Waals surface area contributed by atoms with Crippen molar-refractivity contribution < 1.29 is 4.79 Å². The Balaban J connectivity index is 1.35. The van der Waals surface area contributed by atoms with Gasteiger partial charge in [-0.1, -0.05) is 36.0 Å². The molecule has 1 fully saturated rings. The highest BCUT2D eigenvalue weighted by Gasteiger charge is 2.21. The average Bonchev–Trinajstić information content (AvgIpc) is 3.04. The molecular formula is C18H26N6OS. The van der Waals surface area contributed by atoms with Gasteiger partial charge in [0, 0.05) is 44.9 Å². The van der Waals surface area contributed by atoms with Gasteiger partial charge in [-0.2, -0.15) is 0 Å². The summed E-state index contributed by atoms with van der Waals surface area (Å²) in [5, 5.41) is 15.2. The zero-order valence-electron chi connectivity index (χ0n) is 15.4. The van der Waals surface area contributed by atoms with Crippen molar-refractivity contribution in [3.63, 3.8) is 0 Å². The third-order valence-corrected chi connectivity index (χ3v) is 5.76. The smallest absolute Gasteiger partial charge is 0.221 e. The summed E-state index contributed by atoms with van der Waals surface area (Å²) in [6.07, 6.45) is 2.51. The molecule has 7 nitrogen and oxygen atoms in total. The lowest BCUT2D eigenvalue weighted by Crippen LogP contribution is -2.44. The number of carbonyl (C=O) groups excluding carboxylic acids is 1. The molecule has 8 heteroatoms. The Kier molecular flexibility index (Phi) is 6.62. The molecule has 26 heavy (non-hydrogen) atoms. The van der Waals surface area contributed by atoms with Gasteiger partial charge in [0.25, 0.3) is 0 Å². The lowest BCUT2D eigenvalue weighted by Gasteiger charge is -2.32. The van der Waals surface area contributed by atoms with Crippen molar-refractivity contribution in [3.05, 3.63) is 35.4 Å². The molecule has 0 unspecified atom stereocenters. The molecule has 1 aromatic heterocycles. The number of benzene rings is 1. The lowest BCUT2D eigenvalue weighted by atomic mass is 10.0. The van der Waals surface area contributed by atoms with Gasteiger partial charge in [-0.25, -0.2) is 4.68 Å². The van der Waals surface area contributed by atoms with Gasteiger partial charge >= 0.3 is 0 Å². The number of aromatic nitrogens is 4. The molecule has 2 heterocycles. The van der Waals surface area contributed by atoms with Crippen molar-refractivity contribution in [2.24, 2.45) is 7.05 Å². The van der Waals surface area contributed by atoms with Crippen molar-refractivity contribution in [2.45, 2.75) is 43.9 Å². The van der Waals surface area contributed by atoms with E-state index in [1.807, 2.05) is 0 Å². The fraction of sp³-hybridized carbons (Fsp3) is 0.556. The molecule has 1 N–H and O–H groups in total. The van der Waals surface area contributed by atoms with E-state index in [0.29, 0.717) is 12.2 Å². The van der Waals surface area contributed by atoms with E-state index in [9.17, 15) is 4.79 Å². The summed E-state index contributed by atoms with van der Waals surface area (Å²) in [5.41, 5.74) is 2.74. The number of amides is 1. The number of nitrogens with one attached hydrogen (secondary N) is 1. The zero-order chi connectivity index (χ0) is 18.4. The largest absolute Gasteiger partial charge is 0.353 e. The molecule has 1 aliphatic rings. The SMILES string of the molecule is Cc1ccccc1CN1CCC(NC(=O)CCSc2nnnn2C)CC1. The summed E-state index contributed by atoms with van der Waals surface area (Å²) >= 11 is 1.50. The number of likely N-dealkylation sites (tertiary alicyclic amines) is 1. The minimum Gasteiger partial charge on any atom is -0.353 e. The number of piperidine rings is 1. The monoisotopic (exact) mass is 374 g/mol. The normalized spacial score (nSPS) is 15.9. The van der Waals surface area contributed by atoms with Gasteiger partial charge in [0.05, 0.1) is 0 Å². The maximum Gasteiger partial charge on any atom is 0.221 e. The van der Waals surface area contributed by atoms with Crippen LogP contribution in [0.25, 0.3) is 0 Å². The maximum atomic E-state index is 12.1. The van der Waals surface area contributed by atoms with Crippen LogP contribution in [0.5, 0.6) is 0 Å². The van der Waals surface area contributed by atoms with Crippen LogP contribution in [0.4, 0.5) is 0 Å². The summed E-state index contributed by atoms with van der Waals surface area (Å²) in [7, 11) is 1.80. The van der Waals surface area contributed by atoms with E-state index in [0.717, 1.165) is 37.6 Å². The van der Waals surface area contributed by atoms with Crippen molar-refractivity contribution in [1.29, 1.82) is 0 Å². The van der Waals surface area contributed by atoms with Gasteiger partial charge in [-0.05, 0) is 41.3 Å². The van der Waals surface area contributed by atoms with E-state index < -0.39 is 0 Å². The van der Waals surface area contributed by atoms with Crippen LogP contribution in [0.2, 0.25) is 0 Å². The molecule has 140 valence electrons. The molecular weight excluding hydrogens is 348 g/mol. The van der Waals surface area contributed by atoms with Gasteiger partial charge in [-0.15, -0.1) is 5.10 Å². The molecule has 0 spiro atoms. The number of carbonyl (C=O) groups is 1. The second kappa shape index (κ2) is 9.14. The standard InChI is InChI=1S/C18H26N6OS/c1-14-5-3-4-6-15(14)13-24-10-7-16(8-11-24)19-17(25)9-12-26-18-20-21-22-23(18)2/h3-6,16H,7-13H2,1-2H3,(H,19,25). The van der Waals surface area contributed by atoms with E-state index >= 15 is 0 Å². The van der Waals surface area contributed by atoms with Gasteiger partial charge in [-0.3, -0.25) is 9.69 Å². The highest BCUT2D eigenvalue weighted by atomic mass is 32.2. The fourth-order valence-corrected chi connectivity index (χ4v) is 3.93. The Labute approximate surface area is 158 Å². The first-order valence-corrected chi connectivity index (χ1v) is 10.0. The number of aryl methyl sites for hydroxylation is 2. The number of nitrogens with zero attached hydrogens (tertiary/aromatic N) is 5. The van der Waals surface area contributed by atoms with E-state index in [4.69, 9.17) is 0 Å². The van der Waals surface area contributed by atoms with Crippen LogP contribution in [0.15, 0.2) is 29.4 Å². The van der Waals surface area contributed by atoms with Gasteiger partial charge < -0.3 is 5.32 Å². The fourth-order valence-electron chi connectivity index (χ4n) is 3.14. The molecule has 1 aromatic carbocycles. The summed E-state index contributed by atoms with van der Waals surface area (Å²) in [6.45, 7) is 5.21. The topological polar surface area (TPSA) is 75.9 Å². The molecule has 0 saturated carbocycles. The summed E-state index contributed by atoms with van der Waals surface area (Å²) < 4.78 is 1.62. The van der Waals surface area contributed by atoms with E-state index in [1.54, 1.807) is 11.7 Å². The van der Waals surface area contributed by atoms with Crippen LogP contribution < -0.4 is 5.32 Å². The van der Waals surface area contributed by atoms with Crippen molar-refractivity contribution in [1.82, 2.24) is 30.4 Å². The van der Waals surface area contributed by atoms with E-state index in [1.165, 1.54) is 22.9 Å². The first-order valence-electron chi connectivity index (χ1n) is 9.03. The van der Waals surface area contributed by atoms with Gasteiger partial charge in [0.2, 0.25) is 11.1 Å². The second-order valence-corrected chi connectivity index (χ2v) is 7.79. The molecule has 0 bridgehead atoms.